The van der Waals surface area contributed by atoms with Crippen LogP contribution < -0.4 is 4.62 Å². The van der Waals surface area contributed by atoms with Crippen LogP contribution in [0.2, 0.25) is 0 Å². The molecule has 1 aromatic carbocycles. The second kappa shape index (κ2) is 8.45. The van der Waals surface area contributed by atoms with E-state index in [-0.39, 0.29) is 1.43 Å². The average Bonchev–Trinajstić information content (AvgIpc) is 3.53. The van der Waals surface area contributed by atoms with E-state index in [4.69, 9.17) is 4.62 Å². The molecule has 3 fully saturated rings. The first-order valence-corrected chi connectivity index (χ1v) is 14.9. The first-order chi connectivity index (χ1) is 15.3. The number of para-hydroxylation sites is 1. The van der Waals surface area contributed by atoms with Gasteiger partial charge in [-0.2, -0.15) is 0 Å². The maximum absolute atomic E-state index is 10.7. The number of hydrogen-bond donors (Lipinski definition) is 0. The first-order valence-electron chi connectivity index (χ1n) is 11.1. The number of hydrogen-bond acceptors (Lipinski definition) is 6. The summed E-state index contributed by atoms with van der Waals surface area (Å²) in [5.41, 5.74) is 1.88. The van der Waals surface area contributed by atoms with Crippen LogP contribution in [0.4, 0.5) is 25.2 Å². The fraction of sp³-hybridized carbons (Fsp3) is 0.667. The molecule has 0 amide bonds. The van der Waals surface area contributed by atoms with Crippen molar-refractivity contribution >= 4 is 26.8 Å². The Kier molecular flexibility index (Phi) is 6.36. The Hall–Kier alpha value is -1.26. The van der Waals surface area contributed by atoms with Crippen molar-refractivity contribution in [2.45, 2.75) is 38.5 Å². The molecule has 1 aromatic heterocycles. The summed E-state index contributed by atoms with van der Waals surface area (Å²) in [6.07, 6.45) is 7.65. The molecule has 0 atom stereocenters. The van der Waals surface area contributed by atoms with Gasteiger partial charge >= 0.3 is 189 Å². The van der Waals surface area contributed by atoms with Crippen LogP contribution in [0, 0.1) is 0 Å². The number of halogens is 6. The van der Waals surface area contributed by atoms with E-state index in [1.165, 1.54) is 38.5 Å². The van der Waals surface area contributed by atoms with Crippen LogP contribution in [0.3, 0.4) is 0 Å². The summed E-state index contributed by atoms with van der Waals surface area (Å²) in [5, 5.41) is 8.73. The number of rotatable bonds is 5. The van der Waals surface area contributed by atoms with Crippen molar-refractivity contribution in [3.63, 3.8) is 0 Å². The molecule has 0 N–H and O–H groups in total. The maximum atomic E-state index is 9.87. The Balaban J connectivity index is 0.000000357. The second-order valence-corrected chi connectivity index (χ2v) is 13.8. The molecular formula is C18H30F6N6OP2. The first kappa shape index (κ1) is 24.9. The zero-order valence-electron chi connectivity index (χ0n) is 19.1. The molecule has 190 valence electrons. The fourth-order valence-corrected chi connectivity index (χ4v) is 9.44. The van der Waals surface area contributed by atoms with Gasteiger partial charge in [0.15, 0.2) is 0 Å². The molecule has 15 heteroatoms. The second-order valence-electron chi connectivity index (χ2n) is 8.66. The van der Waals surface area contributed by atoms with Crippen LogP contribution in [-0.2, 0) is 0 Å². The zero-order valence-corrected chi connectivity index (χ0v) is 20.0. The third-order valence-electron chi connectivity index (χ3n) is 6.08. The van der Waals surface area contributed by atoms with Crippen LogP contribution in [0.1, 0.15) is 40.0 Å². The van der Waals surface area contributed by atoms with Crippen molar-refractivity contribution < 1.29 is 31.2 Å². The van der Waals surface area contributed by atoms with Gasteiger partial charge in [0.2, 0.25) is 0 Å². The molecule has 0 radical (unpaired) electrons. The van der Waals surface area contributed by atoms with Gasteiger partial charge in [0.25, 0.3) is 0 Å². The van der Waals surface area contributed by atoms with Gasteiger partial charge < -0.3 is 0 Å². The molecule has 2 aromatic rings. The Bertz CT molecular complexity index is 911. The Morgan fingerprint density at radius 2 is 1.12 bits per heavy atom. The Morgan fingerprint density at radius 1 is 0.727 bits per heavy atom. The molecule has 3 aliphatic rings. The van der Waals surface area contributed by atoms with Gasteiger partial charge in [0, 0.05) is 0 Å². The summed E-state index contributed by atoms with van der Waals surface area (Å²) < 4.78 is 74.2. The third kappa shape index (κ3) is 6.45. The van der Waals surface area contributed by atoms with Crippen molar-refractivity contribution in [3.05, 3.63) is 24.3 Å². The van der Waals surface area contributed by atoms with Crippen molar-refractivity contribution in [1.82, 2.24) is 29.2 Å². The van der Waals surface area contributed by atoms with E-state index < -0.39 is 15.8 Å². The molecule has 5 rings (SSSR count). The summed E-state index contributed by atoms with van der Waals surface area (Å²) in [7, 11) is -13.1. The van der Waals surface area contributed by atoms with Gasteiger partial charge in [0.1, 0.15) is 0 Å². The number of aromatic nitrogens is 3. The summed E-state index contributed by atoms with van der Waals surface area (Å²) in [5.74, 6) is 0. The SMILES string of the molecule is F[P-](F)(F)(F)(F)F.[H+].c1ccc2c(c1)nnn2O[PH](N1CCCC1)(N1CCCC1)N1CCCC1. The minimum absolute atomic E-state index is 0. The van der Waals surface area contributed by atoms with Gasteiger partial charge in [-0.25, -0.2) is 0 Å². The number of nitrogens with zero attached hydrogens (tertiary/aromatic N) is 6. The molecule has 0 unspecified atom stereocenters. The molecule has 3 saturated heterocycles. The fourth-order valence-electron chi connectivity index (χ4n) is 4.83. The van der Waals surface area contributed by atoms with E-state index in [1.54, 1.807) is 4.85 Å². The van der Waals surface area contributed by atoms with Gasteiger partial charge in [-0.1, -0.05) is 0 Å². The summed E-state index contributed by atoms with van der Waals surface area (Å²) in [6.45, 7) is 6.87. The topological polar surface area (TPSA) is 49.7 Å². The molecule has 0 aliphatic carbocycles. The molecular weight excluding hydrogens is 492 g/mol. The molecule has 0 bridgehead atoms. The third-order valence-corrected chi connectivity index (χ3v) is 10.3. The summed E-state index contributed by atoms with van der Waals surface area (Å²) >= 11 is 0. The Labute approximate surface area is 189 Å². The van der Waals surface area contributed by atoms with Crippen LogP contribution >= 0.6 is 15.8 Å². The summed E-state index contributed by atoms with van der Waals surface area (Å²) in [4.78, 5) is 1.73. The van der Waals surface area contributed by atoms with E-state index in [0.29, 0.717) is 0 Å². The number of benzene rings is 1. The quantitative estimate of drug-likeness (QED) is 0.352. The normalized spacial score (nSPS) is 23.8. The van der Waals surface area contributed by atoms with Gasteiger partial charge in [0.05, 0.1) is 0 Å². The predicted molar refractivity (Wildman–Crippen MR) is 120 cm³/mol. The zero-order chi connectivity index (χ0) is 23.8. The van der Waals surface area contributed by atoms with E-state index in [1.807, 2.05) is 18.2 Å². The van der Waals surface area contributed by atoms with E-state index >= 15 is 0 Å². The molecule has 0 spiro atoms. The van der Waals surface area contributed by atoms with Crippen molar-refractivity contribution in [2.24, 2.45) is 0 Å². The molecule has 0 saturated carbocycles. The number of fused-ring (bicyclic) bond motifs is 1. The van der Waals surface area contributed by atoms with Gasteiger partial charge in [-0.05, 0) is 0 Å². The molecule has 7 nitrogen and oxygen atoms in total. The minimum atomic E-state index is -10.7. The van der Waals surface area contributed by atoms with Crippen LogP contribution in [-0.4, -0.2) is 68.4 Å². The summed E-state index contributed by atoms with van der Waals surface area (Å²) in [6, 6.07) is 8.11. The van der Waals surface area contributed by atoms with Crippen LogP contribution in [0.25, 0.3) is 11.0 Å². The van der Waals surface area contributed by atoms with Crippen molar-refractivity contribution in [2.75, 3.05) is 39.3 Å². The molecule has 33 heavy (non-hydrogen) atoms. The standard InChI is InChI=1S/C18H29N6OP.F6P/c1-2-10-18-17(9-1)19-20-24(18)25-26(21-11-3-4-12-21,22-13-5-6-14-22)23-15-7-8-16-23;1-7(2,3,4,5)6/h1-2,9-10,26H,3-8,11-16H2;/q;-1/p+1. The van der Waals surface area contributed by atoms with Crippen molar-refractivity contribution in [1.29, 1.82) is 0 Å². The average molecular weight is 522 g/mol. The molecule has 3 aliphatic heterocycles. The van der Waals surface area contributed by atoms with Crippen LogP contribution in [0.15, 0.2) is 24.3 Å². The Morgan fingerprint density at radius 3 is 1.55 bits per heavy atom. The predicted octanol–water partition coefficient (Wildman–Crippen LogP) is 6.05. The van der Waals surface area contributed by atoms with E-state index in [0.717, 1.165) is 50.3 Å². The van der Waals surface area contributed by atoms with Crippen molar-refractivity contribution in [3.8, 4) is 0 Å². The van der Waals surface area contributed by atoms with E-state index in [2.05, 4.69) is 30.4 Å². The monoisotopic (exact) mass is 522 g/mol. The van der Waals surface area contributed by atoms with Crippen LogP contribution in [0.5, 0.6) is 0 Å². The van der Waals surface area contributed by atoms with Gasteiger partial charge in [-0.3, -0.25) is 0 Å². The van der Waals surface area contributed by atoms with Gasteiger partial charge in [-0.15, -0.1) is 0 Å². The molecule has 4 heterocycles. The van der Waals surface area contributed by atoms with E-state index in [9.17, 15) is 25.2 Å².